The minimum atomic E-state index is -0.263. The third-order valence-corrected chi connectivity index (χ3v) is 6.07. The number of hydrogen-bond acceptors (Lipinski definition) is 5. The summed E-state index contributed by atoms with van der Waals surface area (Å²) < 4.78 is 7.60. The molecule has 3 atom stereocenters. The molecule has 2 aliphatic rings. The molecule has 8 nitrogen and oxygen atoms in total. The van der Waals surface area contributed by atoms with E-state index >= 15 is 0 Å². The number of carbonyl (C=O) groups excluding carboxylic acids is 2. The van der Waals surface area contributed by atoms with E-state index in [4.69, 9.17) is 4.74 Å². The van der Waals surface area contributed by atoms with Crippen molar-refractivity contribution >= 4 is 11.8 Å². The molecule has 2 fully saturated rings. The zero-order valence-electron chi connectivity index (χ0n) is 17.3. The Bertz CT molecular complexity index is 863. The molecule has 2 N–H and O–H groups in total. The lowest BCUT2D eigenvalue weighted by Crippen LogP contribution is -2.46. The van der Waals surface area contributed by atoms with E-state index in [0.717, 1.165) is 25.7 Å². The molecule has 2 amide bonds. The fourth-order valence-electron chi connectivity index (χ4n) is 4.53. The SMILES string of the molecule is Cn1cnc(C(=O)N[C@@H]2C[C@H](COc3cccnc3)C[C@H]2C(=O)NC2CCCC2)c1. The van der Waals surface area contributed by atoms with Crippen LogP contribution in [0.1, 0.15) is 49.0 Å². The Balaban J connectivity index is 1.41. The van der Waals surface area contributed by atoms with Gasteiger partial charge in [0.15, 0.2) is 0 Å². The van der Waals surface area contributed by atoms with Gasteiger partial charge in [0.2, 0.25) is 5.91 Å². The molecule has 2 heterocycles. The summed E-state index contributed by atoms with van der Waals surface area (Å²) in [5.74, 6) is 0.426. The molecule has 0 unspecified atom stereocenters. The number of imidazole rings is 1. The van der Waals surface area contributed by atoms with Gasteiger partial charge in [0.05, 0.1) is 25.0 Å². The normalized spacial score (nSPS) is 24.0. The number of hydrogen-bond donors (Lipinski definition) is 2. The zero-order valence-corrected chi connectivity index (χ0v) is 17.3. The van der Waals surface area contributed by atoms with Gasteiger partial charge in [-0.1, -0.05) is 12.8 Å². The van der Waals surface area contributed by atoms with Crippen molar-refractivity contribution in [3.63, 3.8) is 0 Å². The molecule has 0 bridgehead atoms. The smallest absolute Gasteiger partial charge is 0.271 e. The molecule has 0 saturated heterocycles. The fourth-order valence-corrected chi connectivity index (χ4v) is 4.53. The Hall–Kier alpha value is -2.90. The first kappa shape index (κ1) is 20.4. The summed E-state index contributed by atoms with van der Waals surface area (Å²) in [5, 5.41) is 6.25. The largest absolute Gasteiger partial charge is 0.492 e. The Morgan fingerprint density at radius 2 is 2.07 bits per heavy atom. The first-order chi connectivity index (χ1) is 14.6. The molecule has 0 radical (unpaired) electrons. The fraction of sp³-hybridized carbons (Fsp3) is 0.545. The van der Waals surface area contributed by atoms with E-state index in [1.54, 1.807) is 29.5 Å². The van der Waals surface area contributed by atoms with Gasteiger partial charge in [0, 0.05) is 31.5 Å². The highest BCUT2D eigenvalue weighted by molar-refractivity contribution is 5.93. The summed E-state index contributed by atoms with van der Waals surface area (Å²) in [5.41, 5.74) is 0.363. The van der Waals surface area contributed by atoms with Crippen LogP contribution >= 0.6 is 0 Å². The molecule has 8 heteroatoms. The number of amides is 2. The number of nitrogens with one attached hydrogen (secondary N) is 2. The van der Waals surface area contributed by atoms with Crippen molar-refractivity contribution in [3.8, 4) is 5.75 Å². The van der Waals surface area contributed by atoms with Gasteiger partial charge >= 0.3 is 0 Å². The average Bonchev–Trinajstić information content (AvgIpc) is 3.49. The van der Waals surface area contributed by atoms with Crippen LogP contribution in [0.15, 0.2) is 37.1 Å². The van der Waals surface area contributed by atoms with Crippen LogP contribution < -0.4 is 15.4 Å². The average molecular weight is 412 g/mol. The number of nitrogens with zero attached hydrogens (tertiary/aromatic N) is 3. The van der Waals surface area contributed by atoms with Crippen molar-refractivity contribution < 1.29 is 14.3 Å². The Kier molecular flexibility index (Phi) is 6.30. The second kappa shape index (κ2) is 9.28. The van der Waals surface area contributed by atoms with Crippen LogP contribution in [0, 0.1) is 11.8 Å². The van der Waals surface area contributed by atoms with Crippen LogP contribution in [-0.4, -0.2) is 45.0 Å². The van der Waals surface area contributed by atoms with Gasteiger partial charge in [0.1, 0.15) is 11.4 Å². The van der Waals surface area contributed by atoms with E-state index in [0.29, 0.717) is 30.9 Å². The highest BCUT2D eigenvalue weighted by Gasteiger charge is 2.40. The predicted octanol–water partition coefficient (Wildman–Crippen LogP) is 2.08. The van der Waals surface area contributed by atoms with Gasteiger partial charge in [-0.15, -0.1) is 0 Å². The summed E-state index contributed by atoms with van der Waals surface area (Å²) in [6, 6.07) is 3.73. The van der Waals surface area contributed by atoms with Crippen LogP contribution in [0.25, 0.3) is 0 Å². The quantitative estimate of drug-likeness (QED) is 0.727. The van der Waals surface area contributed by atoms with Gasteiger partial charge in [-0.3, -0.25) is 14.6 Å². The molecular formula is C22H29N5O3. The summed E-state index contributed by atoms with van der Waals surface area (Å²) >= 11 is 0. The minimum Gasteiger partial charge on any atom is -0.492 e. The van der Waals surface area contributed by atoms with Crippen molar-refractivity contribution in [1.29, 1.82) is 0 Å². The molecule has 2 aliphatic carbocycles. The Morgan fingerprint density at radius 3 is 2.77 bits per heavy atom. The van der Waals surface area contributed by atoms with E-state index in [-0.39, 0.29) is 35.7 Å². The van der Waals surface area contributed by atoms with Crippen molar-refractivity contribution in [1.82, 2.24) is 25.2 Å². The van der Waals surface area contributed by atoms with Crippen molar-refractivity contribution in [3.05, 3.63) is 42.7 Å². The number of rotatable bonds is 7. The molecule has 0 aliphatic heterocycles. The van der Waals surface area contributed by atoms with Crippen LogP contribution in [0.3, 0.4) is 0 Å². The third kappa shape index (κ3) is 4.98. The highest BCUT2D eigenvalue weighted by atomic mass is 16.5. The molecule has 2 aromatic rings. The number of aromatic nitrogens is 3. The predicted molar refractivity (Wildman–Crippen MR) is 111 cm³/mol. The van der Waals surface area contributed by atoms with Crippen molar-refractivity contribution in [2.45, 2.75) is 50.6 Å². The first-order valence-corrected chi connectivity index (χ1v) is 10.7. The third-order valence-electron chi connectivity index (χ3n) is 6.07. The maximum Gasteiger partial charge on any atom is 0.271 e. The minimum absolute atomic E-state index is 0.0390. The standard InChI is InChI=1S/C22H29N5O3/c1-27-12-20(24-14-27)22(29)26-19-10-15(13-30-17-7-4-8-23-11-17)9-18(19)21(28)25-16-5-2-3-6-16/h4,7-8,11-12,14-16,18-19H,2-3,5-6,9-10,13H2,1H3,(H,25,28)(H,26,29)/t15-,18-,19-/m1/s1. The summed E-state index contributed by atoms with van der Waals surface area (Å²) in [6.07, 6.45) is 12.4. The monoisotopic (exact) mass is 411 g/mol. The van der Waals surface area contributed by atoms with Crippen LogP contribution in [0.5, 0.6) is 5.75 Å². The topological polar surface area (TPSA) is 98.1 Å². The molecule has 0 spiro atoms. The number of pyridine rings is 1. The van der Waals surface area contributed by atoms with E-state index in [1.165, 1.54) is 0 Å². The van der Waals surface area contributed by atoms with Gasteiger partial charge in [0.25, 0.3) is 5.91 Å². The lowest BCUT2D eigenvalue weighted by molar-refractivity contribution is -0.126. The Labute approximate surface area is 176 Å². The van der Waals surface area contributed by atoms with Crippen molar-refractivity contribution in [2.24, 2.45) is 18.9 Å². The first-order valence-electron chi connectivity index (χ1n) is 10.7. The van der Waals surface area contributed by atoms with Gasteiger partial charge in [-0.25, -0.2) is 4.98 Å². The molecule has 4 rings (SSSR count). The summed E-state index contributed by atoms with van der Waals surface area (Å²) in [7, 11) is 1.82. The molecule has 0 aromatic carbocycles. The van der Waals surface area contributed by atoms with Crippen LogP contribution in [0.2, 0.25) is 0 Å². The van der Waals surface area contributed by atoms with E-state index in [2.05, 4.69) is 20.6 Å². The van der Waals surface area contributed by atoms with Crippen LogP contribution in [0.4, 0.5) is 0 Å². The molecule has 160 valence electrons. The molecular weight excluding hydrogens is 382 g/mol. The molecule has 2 saturated carbocycles. The number of aryl methyl sites for hydroxylation is 1. The van der Waals surface area contributed by atoms with Gasteiger partial charge < -0.3 is 19.9 Å². The summed E-state index contributed by atoms with van der Waals surface area (Å²) in [6.45, 7) is 0.495. The highest BCUT2D eigenvalue weighted by Crippen LogP contribution is 2.33. The number of carbonyl (C=O) groups is 2. The van der Waals surface area contributed by atoms with E-state index in [1.807, 2.05) is 19.2 Å². The molecule has 30 heavy (non-hydrogen) atoms. The lowest BCUT2D eigenvalue weighted by atomic mass is 10.0. The van der Waals surface area contributed by atoms with Crippen LogP contribution in [-0.2, 0) is 11.8 Å². The van der Waals surface area contributed by atoms with Gasteiger partial charge in [-0.2, -0.15) is 0 Å². The van der Waals surface area contributed by atoms with Crippen molar-refractivity contribution in [2.75, 3.05) is 6.61 Å². The van der Waals surface area contributed by atoms with Gasteiger partial charge in [-0.05, 0) is 43.7 Å². The zero-order chi connectivity index (χ0) is 20.9. The van der Waals surface area contributed by atoms with E-state index < -0.39 is 0 Å². The maximum atomic E-state index is 13.0. The van der Waals surface area contributed by atoms with E-state index in [9.17, 15) is 9.59 Å². The lowest BCUT2D eigenvalue weighted by Gasteiger charge is -2.22. The second-order valence-corrected chi connectivity index (χ2v) is 8.44. The number of ether oxygens (including phenoxy) is 1. The molecule has 2 aromatic heterocycles. The Morgan fingerprint density at radius 1 is 1.23 bits per heavy atom. The maximum absolute atomic E-state index is 13.0. The second-order valence-electron chi connectivity index (χ2n) is 8.44. The summed E-state index contributed by atoms with van der Waals surface area (Å²) in [4.78, 5) is 33.9.